The molecule has 0 saturated carbocycles. The lowest BCUT2D eigenvalue weighted by Crippen LogP contribution is -2.45. The molecule has 126 valence electrons. The minimum Gasteiger partial charge on any atom is -0.507 e. The van der Waals surface area contributed by atoms with Crippen molar-refractivity contribution in [1.29, 1.82) is 0 Å². The summed E-state index contributed by atoms with van der Waals surface area (Å²) in [7, 11) is 0. The van der Waals surface area contributed by atoms with E-state index < -0.39 is 0 Å². The number of benzene rings is 1. The van der Waals surface area contributed by atoms with Crippen molar-refractivity contribution in [1.82, 2.24) is 0 Å². The lowest BCUT2D eigenvalue weighted by molar-refractivity contribution is 0.0106. The van der Waals surface area contributed by atoms with Gasteiger partial charge in [-0.2, -0.15) is 0 Å². The second kappa shape index (κ2) is 6.10. The van der Waals surface area contributed by atoms with Crippen molar-refractivity contribution in [3.63, 3.8) is 0 Å². The summed E-state index contributed by atoms with van der Waals surface area (Å²) >= 11 is 0. The zero-order valence-corrected chi connectivity index (χ0v) is 14.6. The molecule has 1 heterocycles. The third-order valence-corrected chi connectivity index (χ3v) is 5.42. The number of aromatic hydroxyl groups is 1. The molecule has 2 aliphatic rings. The van der Waals surface area contributed by atoms with Gasteiger partial charge in [0.1, 0.15) is 17.1 Å². The summed E-state index contributed by atoms with van der Waals surface area (Å²) in [5, 5.41) is 10.6. The Bertz CT molecular complexity index is 618. The molecule has 3 rings (SSSR count). The van der Waals surface area contributed by atoms with Crippen LogP contribution in [0.2, 0.25) is 0 Å². The van der Waals surface area contributed by atoms with Crippen molar-refractivity contribution in [2.24, 2.45) is 11.7 Å². The Labute approximate surface area is 139 Å². The Balaban J connectivity index is 1.99. The first-order valence-electron chi connectivity index (χ1n) is 8.93. The summed E-state index contributed by atoms with van der Waals surface area (Å²) in [5.41, 5.74) is 8.88. The molecule has 1 aliphatic carbocycles. The van der Waals surface area contributed by atoms with Gasteiger partial charge in [0.05, 0.1) is 0 Å². The Morgan fingerprint density at radius 2 is 2.09 bits per heavy atom. The largest absolute Gasteiger partial charge is 0.507 e. The van der Waals surface area contributed by atoms with Gasteiger partial charge >= 0.3 is 0 Å². The van der Waals surface area contributed by atoms with E-state index in [4.69, 9.17) is 10.5 Å². The summed E-state index contributed by atoms with van der Waals surface area (Å²) in [4.78, 5) is 0. The first kappa shape index (κ1) is 16.2. The van der Waals surface area contributed by atoms with Crippen LogP contribution in [0.5, 0.6) is 11.5 Å². The molecule has 1 aromatic rings. The van der Waals surface area contributed by atoms with Gasteiger partial charge in [0.2, 0.25) is 0 Å². The third-order valence-electron chi connectivity index (χ3n) is 5.42. The van der Waals surface area contributed by atoms with E-state index in [2.05, 4.69) is 32.9 Å². The van der Waals surface area contributed by atoms with Gasteiger partial charge in [0.25, 0.3) is 0 Å². The van der Waals surface area contributed by atoms with E-state index in [0.29, 0.717) is 11.7 Å². The van der Waals surface area contributed by atoms with Crippen LogP contribution in [0.3, 0.4) is 0 Å². The van der Waals surface area contributed by atoms with Gasteiger partial charge in [0.15, 0.2) is 0 Å². The van der Waals surface area contributed by atoms with Crippen molar-refractivity contribution in [2.75, 3.05) is 0 Å². The van der Waals surface area contributed by atoms with Crippen molar-refractivity contribution in [3.05, 3.63) is 35.0 Å². The quantitative estimate of drug-likeness (QED) is 0.796. The van der Waals surface area contributed by atoms with Gasteiger partial charge < -0.3 is 15.6 Å². The number of nitrogens with two attached hydrogens (primary N) is 1. The molecule has 2 atom stereocenters. The topological polar surface area (TPSA) is 55.5 Å². The second-order valence-electron chi connectivity index (χ2n) is 7.60. The predicted octanol–water partition coefficient (Wildman–Crippen LogP) is 4.63. The molecule has 0 saturated heterocycles. The fourth-order valence-corrected chi connectivity index (χ4v) is 4.17. The van der Waals surface area contributed by atoms with Gasteiger partial charge in [0, 0.05) is 23.1 Å². The van der Waals surface area contributed by atoms with E-state index in [1.54, 1.807) is 0 Å². The highest BCUT2D eigenvalue weighted by Gasteiger charge is 2.45. The lowest BCUT2D eigenvalue weighted by Gasteiger charge is -2.46. The maximum Gasteiger partial charge on any atom is 0.127 e. The van der Waals surface area contributed by atoms with Crippen LogP contribution in [0.25, 0.3) is 0 Å². The van der Waals surface area contributed by atoms with Crippen LogP contribution in [0.4, 0.5) is 0 Å². The monoisotopic (exact) mass is 315 g/mol. The molecule has 0 amide bonds. The molecule has 0 fully saturated rings. The summed E-state index contributed by atoms with van der Waals surface area (Å²) in [6, 6.07) is 4.05. The molecule has 3 heteroatoms. The molecule has 1 aliphatic heterocycles. The van der Waals surface area contributed by atoms with Crippen molar-refractivity contribution in [2.45, 2.75) is 70.8 Å². The van der Waals surface area contributed by atoms with Crippen LogP contribution in [-0.4, -0.2) is 10.7 Å². The van der Waals surface area contributed by atoms with Crippen molar-refractivity contribution in [3.8, 4) is 11.5 Å². The molecule has 3 nitrogen and oxygen atoms in total. The SMILES string of the molecule is CCCCCc1cc(O)c2c(c1)OC(C)(C)C1CCC(N)=CC21. The van der Waals surface area contributed by atoms with E-state index in [0.717, 1.165) is 48.3 Å². The number of aryl methyl sites for hydroxylation is 1. The second-order valence-corrected chi connectivity index (χ2v) is 7.60. The molecule has 1 aromatic carbocycles. The molecule has 0 radical (unpaired) electrons. The molecule has 2 unspecified atom stereocenters. The number of hydrogen-bond donors (Lipinski definition) is 2. The molecule has 0 bridgehead atoms. The highest BCUT2D eigenvalue weighted by Crippen LogP contribution is 2.53. The van der Waals surface area contributed by atoms with Crippen LogP contribution in [0, 0.1) is 5.92 Å². The molecule has 3 N–H and O–H groups in total. The molecular formula is C20H29NO2. The van der Waals surface area contributed by atoms with Gasteiger partial charge in [-0.15, -0.1) is 0 Å². The fraction of sp³-hybridized carbons (Fsp3) is 0.600. The fourth-order valence-electron chi connectivity index (χ4n) is 4.17. The van der Waals surface area contributed by atoms with Crippen molar-refractivity contribution >= 4 is 0 Å². The van der Waals surface area contributed by atoms with E-state index in [1.807, 2.05) is 6.07 Å². The Morgan fingerprint density at radius 1 is 1.30 bits per heavy atom. The number of hydrogen-bond acceptors (Lipinski definition) is 3. The molecule has 23 heavy (non-hydrogen) atoms. The van der Waals surface area contributed by atoms with Gasteiger partial charge in [-0.05, 0) is 57.2 Å². The Kier molecular flexibility index (Phi) is 4.31. The zero-order chi connectivity index (χ0) is 16.6. The number of unbranched alkanes of at least 4 members (excludes halogenated alkanes) is 2. The Morgan fingerprint density at radius 3 is 2.83 bits per heavy atom. The number of rotatable bonds is 4. The summed E-state index contributed by atoms with van der Waals surface area (Å²) in [6.07, 6.45) is 8.62. The smallest absolute Gasteiger partial charge is 0.127 e. The Hall–Kier alpha value is -1.64. The standard InChI is InChI=1S/C20H29NO2/c1-4-5-6-7-13-10-17(22)19-15-12-14(21)8-9-16(15)20(2,3)23-18(19)11-13/h10-12,15-16,22H,4-9,21H2,1-3H3. The molecule has 0 aromatic heterocycles. The highest BCUT2D eigenvalue weighted by molar-refractivity contribution is 5.53. The average Bonchev–Trinajstić information content (AvgIpc) is 2.46. The predicted molar refractivity (Wildman–Crippen MR) is 93.8 cm³/mol. The maximum absolute atomic E-state index is 10.6. The number of allylic oxidation sites excluding steroid dienone is 2. The third kappa shape index (κ3) is 3.06. The van der Waals surface area contributed by atoms with Crippen LogP contribution in [-0.2, 0) is 6.42 Å². The maximum atomic E-state index is 10.6. The van der Waals surface area contributed by atoms with Crippen LogP contribution in [0.1, 0.15) is 69.9 Å². The van der Waals surface area contributed by atoms with E-state index >= 15 is 0 Å². The summed E-state index contributed by atoms with van der Waals surface area (Å²) in [5.74, 6) is 1.73. The van der Waals surface area contributed by atoms with E-state index in [1.165, 1.54) is 12.8 Å². The highest BCUT2D eigenvalue weighted by atomic mass is 16.5. The lowest BCUT2D eigenvalue weighted by atomic mass is 9.68. The minimum atomic E-state index is -0.233. The average molecular weight is 315 g/mol. The first-order valence-corrected chi connectivity index (χ1v) is 8.93. The first-order chi connectivity index (χ1) is 10.9. The van der Waals surface area contributed by atoms with Crippen LogP contribution >= 0.6 is 0 Å². The zero-order valence-electron chi connectivity index (χ0n) is 14.6. The van der Waals surface area contributed by atoms with Crippen LogP contribution < -0.4 is 10.5 Å². The number of ether oxygens (including phenoxy) is 1. The van der Waals surface area contributed by atoms with Crippen molar-refractivity contribution < 1.29 is 9.84 Å². The van der Waals surface area contributed by atoms with E-state index in [-0.39, 0.29) is 11.5 Å². The van der Waals surface area contributed by atoms with E-state index in [9.17, 15) is 5.11 Å². The minimum absolute atomic E-state index is 0.159. The van der Waals surface area contributed by atoms with Crippen LogP contribution in [0.15, 0.2) is 23.9 Å². The normalized spacial score (nSPS) is 25.1. The molecule has 0 spiro atoms. The number of phenolic OH excluding ortho intramolecular Hbond substituents is 1. The summed E-state index contributed by atoms with van der Waals surface area (Å²) in [6.45, 7) is 6.52. The van der Waals surface area contributed by atoms with Gasteiger partial charge in [-0.3, -0.25) is 0 Å². The number of fused-ring (bicyclic) bond motifs is 3. The van der Waals surface area contributed by atoms with Gasteiger partial charge in [-0.25, -0.2) is 0 Å². The molecular weight excluding hydrogens is 286 g/mol. The van der Waals surface area contributed by atoms with Gasteiger partial charge in [-0.1, -0.05) is 25.8 Å². The number of phenols is 1. The summed E-state index contributed by atoms with van der Waals surface area (Å²) < 4.78 is 6.32.